The summed E-state index contributed by atoms with van der Waals surface area (Å²) >= 11 is 0. The van der Waals surface area contributed by atoms with Crippen LogP contribution in [0.2, 0.25) is 0 Å². The van der Waals surface area contributed by atoms with Crippen molar-refractivity contribution < 1.29 is 13.2 Å². The first-order valence-corrected chi connectivity index (χ1v) is 11.8. The number of benzene rings is 3. The van der Waals surface area contributed by atoms with E-state index < -0.39 is 10.0 Å². The summed E-state index contributed by atoms with van der Waals surface area (Å²) in [4.78, 5) is 2.74. The van der Waals surface area contributed by atoms with Crippen LogP contribution in [0.4, 0.5) is 0 Å². The summed E-state index contributed by atoms with van der Waals surface area (Å²) in [6, 6.07) is 21.4. The van der Waals surface area contributed by atoms with Crippen molar-refractivity contribution in [3.8, 4) is 5.75 Å². The predicted molar refractivity (Wildman–Crippen MR) is 121 cm³/mol. The van der Waals surface area contributed by atoms with Crippen LogP contribution in [0.3, 0.4) is 0 Å². The Bertz CT molecular complexity index is 1110. The van der Waals surface area contributed by atoms with Gasteiger partial charge in [-0.3, -0.25) is 0 Å². The van der Waals surface area contributed by atoms with Crippen LogP contribution in [0.5, 0.6) is 5.75 Å². The molecular weight excluding hydrogens is 396 g/mol. The molecule has 30 heavy (non-hydrogen) atoms. The summed E-state index contributed by atoms with van der Waals surface area (Å²) in [7, 11) is -1.72. The number of fused-ring (bicyclic) bond motifs is 1. The fourth-order valence-corrected chi connectivity index (χ4v) is 5.51. The molecule has 1 fully saturated rings. The number of nitrogens with zero attached hydrogens (tertiary/aromatic N) is 2. The lowest BCUT2D eigenvalue weighted by Gasteiger charge is -2.35. The van der Waals surface area contributed by atoms with Crippen molar-refractivity contribution in [3.05, 3.63) is 72.3 Å². The number of piperazine rings is 1. The van der Waals surface area contributed by atoms with E-state index in [2.05, 4.69) is 42.2 Å². The van der Waals surface area contributed by atoms with Crippen LogP contribution >= 0.6 is 0 Å². The molecule has 1 atom stereocenters. The molecule has 0 amide bonds. The highest BCUT2D eigenvalue weighted by Crippen LogP contribution is 2.26. The van der Waals surface area contributed by atoms with Crippen LogP contribution in [0.25, 0.3) is 10.8 Å². The Kier molecular flexibility index (Phi) is 6.09. The molecule has 3 aromatic rings. The maximum atomic E-state index is 12.8. The first-order chi connectivity index (χ1) is 14.5. The molecule has 1 aliphatic rings. The first kappa shape index (κ1) is 20.8. The second kappa shape index (κ2) is 8.76. The zero-order valence-corrected chi connectivity index (χ0v) is 18.3. The van der Waals surface area contributed by atoms with Crippen molar-refractivity contribution in [3.63, 3.8) is 0 Å². The molecule has 1 saturated heterocycles. The molecule has 3 aromatic carbocycles. The molecule has 0 spiro atoms. The van der Waals surface area contributed by atoms with Crippen LogP contribution in [0.15, 0.2) is 71.6 Å². The van der Waals surface area contributed by atoms with E-state index in [1.807, 2.05) is 12.1 Å². The quantitative estimate of drug-likeness (QED) is 0.601. The summed E-state index contributed by atoms with van der Waals surface area (Å²) in [5.41, 5.74) is 1.30. The van der Waals surface area contributed by atoms with Gasteiger partial charge in [0.2, 0.25) is 10.0 Å². The van der Waals surface area contributed by atoms with Crippen LogP contribution in [0.1, 0.15) is 18.4 Å². The number of rotatable bonds is 6. The monoisotopic (exact) mass is 424 g/mol. The lowest BCUT2D eigenvalue weighted by Crippen LogP contribution is -2.49. The van der Waals surface area contributed by atoms with Gasteiger partial charge in [-0.05, 0) is 46.5 Å². The molecule has 0 N–H and O–H groups in total. The second-order valence-electron chi connectivity index (χ2n) is 7.89. The van der Waals surface area contributed by atoms with Gasteiger partial charge in [-0.25, -0.2) is 8.42 Å². The van der Waals surface area contributed by atoms with E-state index in [1.54, 1.807) is 35.7 Å². The Hall–Kier alpha value is -2.41. The van der Waals surface area contributed by atoms with Crippen LogP contribution < -0.4 is 4.74 Å². The topological polar surface area (TPSA) is 49.9 Å². The summed E-state index contributed by atoms with van der Waals surface area (Å²) in [6.45, 7) is 5.71. The lowest BCUT2D eigenvalue weighted by atomic mass is 9.97. The van der Waals surface area contributed by atoms with Gasteiger partial charge >= 0.3 is 0 Å². The average molecular weight is 425 g/mol. The van der Waals surface area contributed by atoms with Crippen molar-refractivity contribution in [1.29, 1.82) is 0 Å². The zero-order valence-electron chi connectivity index (χ0n) is 17.5. The molecule has 4 rings (SSSR count). The Morgan fingerprint density at radius 3 is 2.27 bits per heavy atom. The van der Waals surface area contributed by atoms with E-state index in [0.717, 1.165) is 25.4 Å². The van der Waals surface area contributed by atoms with E-state index in [0.29, 0.717) is 23.9 Å². The van der Waals surface area contributed by atoms with Gasteiger partial charge in [0, 0.05) is 32.7 Å². The molecular formula is C24H28N2O3S. The molecule has 0 radical (unpaired) electrons. The standard InChI is InChI=1S/C24H28N2O3S/c1-19(20-8-9-22-17-23(29-2)11-10-21(22)16-20)18-25-12-14-26(15-13-25)30(27,28)24-6-4-3-5-7-24/h3-11,16-17,19H,12-15,18H2,1-2H3. The summed E-state index contributed by atoms with van der Waals surface area (Å²) in [5, 5.41) is 2.38. The van der Waals surface area contributed by atoms with Gasteiger partial charge in [0.1, 0.15) is 5.75 Å². The van der Waals surface area contributed by atoms with Crippen molar-refractivity contribution in [1.82, 2.24) is 9.21 Å². The fraction of sp³-hybridized carbons (Fsp3) is 0.333. The molecule has 0 aliphatic carbocycles. The van der Waals surface area contributed by atoms with Gasteiger partial charge < -0.3 is 9.64 Å². The Morgan fingerprint density at radius 2 is 1.57 bits per heavy atom. The SMILES string of the molecule is COc1ccc2cc(C(C)CN3CCN(S(=O)(=O)c4ccccc4)CC3)ccc2c1. The molecule has 1 aliphatic heterocycles. The van der Waals surface area contributed by atoms with Gasteiger partial charge in [0.15, 0.2) is 0 Å². The highest BCUT2D eigenvalue weighted by Gasteiger charge is 2.28. The highest BCUT2D eigenvalue weighted by atomic mass is 32.2. The summed E-state index contributed by atoms with van der Waals surface area (Å²) < 4.78 is 32.5. The van der Waals surface area contributed by atoms with Crippen molar-refractivity contribution in [2.75, 3.05) is 39.8 Å². The molecule has 158 valence electrons. The van der Waals surface area contributed by atoms with E-state index in [1.165, 1.54) is 16.3 Å². The summed E-state index contributed by atoms with van der Waals surface area (Å²) in [5.74, 6) is 1.24. The third-order valence-electron chi connectivity index (χ3n) is 5.88. The van der Waals surface area contributed by atoms with Gasteiger partial charge in [0.05, 0.1) is 12.0 Å². The first-order valence-electron chi connectivity index (χ1n) is 10.3. The molecule has 1 heterocycles. The minimum Gasteiger partial charge on any atom is -0.497 e. The van der Waals surface area contributed by atoms with Crippen molar-refractivity contribution >= 4 is 20.8 Å². The Labute approximate surface area is 178 Å². The predicted octanol–water partition coefficient (Wildman–Crippen LogP) is 3.96. The maximum Gasteiger partial charge on any atom is 0.243 e. The molecule has 0 bridgehead atoms. The van der Waals surface area contributed by atoms with Crippen LogP contribution in [0, 0.1) is 0 Å². The fourth-order valence-electron chi connectivity index (χ4n) is 4.06. The Balaban J connectivity index is 1.38. The Morgan fingerprint density at radius 1 is 0.900 bits per heavy atom. The van der Waals surface area contributed by atoms with Gasteiger partial charge in [-0.1, -0.05) is 49.4 Å². The smallest absolute Gasteiger partial charge is 0.243 e. The number of sulfonamides is 1. The van der Waals surface area contributed by atoms with E-state index in [-0.39, 0.29) is 0 Å². The van der Waals surface area contributed by atoms with Gasteiger partial charge in [0.25, 0.3) is 0 Å². The zero-order chi connectivity index (χ0) is 21.1. The largest absolute Gasteiger partial charge is 0.497 e. The van der Waals surface area contributed by atoms with Gasteiger partial charge in [-0.15, -0.1) is 0 Å². The van der Waals surface area contributed by atoms with Crippen molar-refractivity contribution in [2.24, 2.45) is 0 Å². The maximum absolute atomic E-state index is 12.8. The lowest BCUT2D eigenvalue weighted by molar-refractivity contribution is 0.181. The third kappa shape index (κ3) is 4.36. The molecule has 0 aromatic heterocycles. The number of hydrogen-bond donors (Lipinski definition) is 0. The van der Waals surface area contributed by atoms with Crippen LogP contribution in [-0.4, -0.2) is 57.5 Å². The van der Waals surface area contributed by atoms with E-state index in [9.17, 15) is 8.42 Å². The highest BCUT2D eigenvalue weighted by molar-refractivity contribution is 7.89. The average Bonchev–Trinajstić information content (AvgIpc) is 2.79. The van der Waals surface area contributed by atoms with Gasteiger partial charge in [-0.2, -0.15) is 4.31 Å². The molecule has 1 unspecified atom stereocenters. The molecule has 6 heteroatoms. The number of methoxy groups -OCH3 is 1. The second-order valence-corrected chi connectivity index (χ2v) is 9.83. The minimum atomic E-state index is -3.40. The van der Waals surface area contributed by atoms with Crippen molar-refractivity contribution in [2.45, 2.75) is 17.7 Å². The molecule has 5 nitrogen and oxygen atoms in total. The van der Waals surface area contributed by atoms with E-state index >= 15 is 0 Å². The normalized spacial score (nSPS) is 17.1. The minimum absolute atomic E-state index is 0.369. The molecule has 0 saturated carbocycles. The van der Waals surface area contributed by atoms with Crippen LogP contribution in [-0.2, 0) is 10.0 Å². The summed E-state index contributed by atoms with van der Waals surface area (Å²) in [6.07, 6.45) is 0. The van der Waals surface area contributed by atoms with E-state index in [4.69, 9.17) is 4.74 Å². The number of hydrogen-bond acceptors (Lipinski definition) is 4. The third-order valence-corrected chi connectivity index (χ3v) is 7.80. The number of ether oxygens (including phenoxy) is 1.